The SMILES string of the molecule is CCOC(=O)CCCCN(Cc1ccc(C(=O)O)cc1)C1CCc2cccc(OC)c2C1. The summed E-state index contributed by atoms with van der Waals surface area (Å²) in [7, 11) is 1.72. The van der Waals surface area contributed by atoms with Crippen LogP contribution in [0.15, 0.2) is 42.5 Å². The Hall–Kier alpha value is -2.86. The Morgan fingerprint density at radius 1 is 1.12 bits per heavy atom. The molecule has 6 nitrogen and oxygen atoms in total. The molecule has 0 fully saturated rings. The highest BCUT2D eigenvalue weighted by molar-refractivity contribution is 5.87. The van der Waals surface area contributed by atoms with Crippen molar-refractivity contribution in [3.63, 3.8) is 0 Å². The Kier molecular flexibility index (Phi) is 8.68. The molecule has 6 heteroatoms. The second-order valence-corrected chi connectivity index (χ2v) is 8.23. The van der Waals surface area contributed by atoms with E-state index in [1.54, 1.807) is 19.2 Å². The summed E-state index contributed by atoms with van der Waals surface area (Å²) in [5.41, 5.74) is 4.02. The fourth-order valence-electron chi connectivity index (χ4n) is 4.44. The summed E-state index contributed by atoms with van der Waals surface area (Å²) < 4.78 is 10.7. The average molecular weight is 440 g/mol. The van der Waals surface area contributed by atoms with Crippen LogP contribution in [0.5, 0.6) is 5.75 Å². The standard InChI is InChI=1S/C26H33NO5/c1-3-32-25(28)9-4-5-16-27(18-19-10-12-21(13-11-19)26(29)30)22-15-14-20-7-6-8-24(31-2)23(20)17-22/h6-8,10-13,22H,3-5,9,14-18H2,1-2H3,(H,29,30). The molecule has 0 saturated carbocycles. The topological polar surface area (TPSA) is 76.1 Å². The smallest absolute Gasteiger partial charge is 0.335 e. The van der Waals surface area contributed by atoms with Crippen LogP contribution in [-0.2, 0) is 28.9 Å². The molecule has 2 aromatic carbocycles. The molecule has 0 saturated heterocycles. The van der Waals surface area contributed by atoms with Gasteiger partial charge in [0.15, 0.2) is 0 Å². The lowest BCUT2D eigenvalue weighted by atomic mass is 9.86. The molecule has 0 radical (unpaired) electrons. The van der Waals surface area contributed by atoms with Crippen molar-refractivity contribution in [1.82, 2.24) is 4.90 Å². The number of carboxylic acid groups (broad SMARTS) is 1. The van der Waals surface area contributed by atoms with Crippen LogP contribution in [0, 0.1) is 0 Å². The maximum Gasteiger partial charge on any atom is 0.335 e. The van der Waals surface area contributed by atoms with E-state index in [0.29, 0.717) is 24.6 Å². The maximum atomic E-state index is 11.7. The third-order valence-corrected chi connectivity index (χ3v) is 6.12. The minimum atomic E-state index is -0.914. The van der Waals surface area contributed by atoms with E-state index in [-0.39, 0.29) is 5.97 Å². The van der Waals surface area contributed by atoms with Crippen molar-refractivity contribution < 1.29 is 24.2 Å². The molecule has 0 bridgehead atoms. The fraction of sp³-hybridized carbons (Fsp3) is 0.462. The molecule has 32 heavy (non-hydrogen) atoms. The van der Waals surface area contributed by atoms with E-state index in [1.165, 1.54) is 11.1 Å². The lowest BCUT2D eigenvalue weighted by Gasteiger charge is -2.36. The van der Waals surface area contributed by atoms with Crippen molar-refractivity contribution in [2.75, 3.05) is 20.3 Å². The lowest BCUT2D eigenvalue weighted by molar-refractivity contribution is -0.143. The highest BCUT2D eigenvalue weighted by Gasteiger charge is 2.26. The number of benzene rings is 2. The molecule has 0 aliphatic heterocycles. The summed E-state index contributed by atoms with van der Waals surface area (Å²) >= 11 is 0. The highest BCUT2D eigenvalue weighted by atomic mass is 16.5. The van der Waals surface area contributed by atoms with Gasteiger partial charge in [-0.1, -0.05) is 24.3 Å². The molecule has 1 unspecified atom stereocenters. The molecule has 0 heterocycles. The summed E-state index contributed by atoms with van der Waals surface area (Å²) in [5.74, 6) is -0.108. The van der Waals surface area contributed by atoms with Crippen molar-refractivity contribution in [3.8, 4) is 5.75 Å². The van der Waals surface area contributed by atoms with Crippen molar-refractivity contribution in [3.05, 3.63) is 64.7 Å². The Labute approximate surface area is 190 Å². The van der Waals surface area contributed by atoms with Gasteiger partial charge in [-0.25, -0.2) is 4.79 Å². The van der Waals surface area contributed by atoms with E-state index < -0.39 is 5.97 Å². The molecule has 1 aliphatic rings. The second kappa shape index (κ2) is 11.7. The monoisotopic (exact) mass is 439 g/mol. The van der Waals surface area contributed by atoms with Gasteiger partial charge in [0.2, 0.25) is 0 Å². The maximum absolute atomic E-state index is 11.7. The van der Waals surface area contributed by atoms with Gasteiger partial charge in [-0.3, -0.25) is 9.69 Å². The number of hydrogen-bond acceptors (Lipinski definition) is 5. The quantitative estimate of drug-likeness (QED) is 0.411. The van der Waals surface area contributed by atoms with Gasteiger partial charge in [-0.15, -0.1) is 0 Å². The van der Waals surface area contributed by atoms with Crippen LogP contribution in [0.4, 0.5) is 0 Å². The van der Waals surface area contributed by atoms with Crippen molar-refractivity contribution in [2.24, 2.45) is 0 Å². The number of aryl methyl sites for hydroxylation is 1. The Bertz CT molecular complexity index is 895. The predicted octanol–water partition coefficient (Wildman–Crippen LogP) is 4.49. The largest absolute Gasteiger partial charge is 0.496 e. The normalized spacial score (nSPS) is 15.3. The average Bonchev–Trinajstić information content (AvgIpc) is 2.80. The first-order valence-corrected chi connectivity index (χ1v) is 11.4. The molecule has 0 aromatic heterocycles. The Morgan fingerprint density at radius 3 is 2.59 bits per heavy atom. The summed E-state index contributed by atoms with van der Waals surface area (Å²) in [6.45, 7) is 3.86. The number of nitrogens with zero attached hydrogens (tertiary/aromatic N) is 1. The molecule has 1 N–H and O–H groups in total. The molecule has 172 valence electrons. The Balaban J connectivity index is 1.71. The number of carbonyl (C=O) groups is 2. The van der Waals surface area contributed by atoms with Crippen LogP contribution < -0.4 is 4.74 Å². The second-order valence-electron chi connectivity index (χ2n) is 8.23. The molecular formula is C26H33NO5. The number of ether oxygens (including phenoxy) is 2. The number of methoxy groups -OCH3 is 1. The minimum absolute atomic E-state index is 0.139. The van der Waals surface area contributed by atoms with Crippen molar-refractivity contribution in [1.29, 1.82) is 0 Å². The van der Waals surface area contributed by atoms with E-state index in [1.807, 2.05) is 25.1 Å². The molecule has 1 atom stereocenters. The number of carboxylic acids is 1. The van der Waals surface area contributed by atoms with Gasteiger partial charge in [0.1, 0.15) is 5.75 Å². The van der Waals surface area contributed by atoms with E-state index in [9.17, 15) is 14.7 Å². The highest BCUT2D eigenvalue weighted by Crippen LogP contribution is 2.32. The van der Waals surface area contributed by atoms with Crippen LogP contribution in [0.3, 0.4) is 0 Å². The van der Waals surface area contributed by atoms with Gasteiger partial charge in [-0.2, -0.15) is 0 Å². The number of fused-ring (bicyclic) bond motifs is 1. The molecule has 1 aliphatic carbocycles. The van der Waals surface area contributed by atoms with Crippen LogP contribution in [0.1, 0.15) is 59.7 Å². The first kappa shape index (κ1) is 23.8. The first-order valence-electron chi connectivity index (χ1n) is 11.4. The zero-order valence-electron chi connectivity index (χ0n) is 19.0. The van der Waals surface area contributed by atoms with Gasteiger partial charge < -0.3 is 14.6 Å². The van der Waals surface area contributed by atoms with Gasteiger partial charge in [0.25, 0.3) is 0 Å². The van der Waals surface area contributed by atoms with Gasteiger partial charge in [0, 0.05) is 19.0 Å². The van der Waals surface area contributed by atoms with Crippen LogP contribution in [0.25, 0.3) is 0 Å². The zero-order valence-corrected chi connectivity index (χ0v) is 19.0. The number of carbonyl (C=O) groups excluding carboxylic acids is 1. The third-order valence-electron chi connectivity index (χ3n) is 6.12. The number of hydrogen-bond donors (Lipinski definition) is 1. The zero-order chi connectivity index (χ0) is 22.9. The van der Waals surface area contributed by atoms with Crippen LogP contribution in [0.2, 0.25) is 0 Å². The lowest BCUT2D eigenvalue weighted by Crippen LogP contribution is -2.39. The van der Waals surface area contributed by atoms with Crippen LogP contribution >= 0.6 is 0 Å². The minimum Gasteiger partial charge on any atom is -0.496 e. The number of esters is 1. The molecule has 3 rings (SSSR count). The van der Waals surface area contributed by atoms with E-state index in [4.69, 9.17) is 9.47 Å². The van der Waals surface area contributed by atoms with Gasteiger partial charge >= 0.3 is 11.9 Å². The number of rotatable bonds is 11. The van der Waals surface area contributed by atoms with Crippen molar-refractivity contribution >= 4 is 11.9 Å². The Morgan fingerprint density at radius 2 is 1.91 bits per heavy atom. The van der Waals surface area contributed by atoms with E-state index in [0.717, 1.165) is 56.5 Å². The number of unbranched alkanes of at least 4 members (excludes halogenated alkanes) is 1. The summed E-state index contributed by atoms with van der Waals surface area (Å²) in [4.78, 5) is 25.3. The van der Waals surface area contributed by atoms with Crippen LogP contribution in [-0.4, -0.2) is 48.2 Å². The van der Waals surface area contributed by atoms with E-state index in [2.05, 4.69) is 17.0 Å². The van der Waals surface area contributed by atoms with Crippen molar-refractivity contribution in [2.45, 2.75) is 58.0 Å². The van der Waals surface area contributed by atoms with E-state index >= 15 is 0 Å². The third kappa shape index (κ3) is 6.33. The summed E-state index contributed by atoms with van der Waals surface area (Å²) in [6.07, 6.45) is 5.13. The molecule has 0 amide bonds. The predicted molar refractivity (Wildman–Crippen MR) is 123 cm³/mol. The summed E-state index contributed by atoms with van der Waals surface area (Å²) in [5, 5.41) is 9.17. The number of aromatic carboxylic acids is 1. The molecule has 2 aromatic rings. The summed E-state index contributed by atoms with van der Waals surface area (Å²) in [6, 6.07) is 13.7. The molecule has 0 spiro atoms. The fourth-order valence-corrected chi connectivity index (χ4v) is 4.44. The van der Waals surface area contributed by atoms with Gasteiger partial charge in [0.05, 0.1) is 19.3 Å². The first-order chi connectivity index (χ1) is 15.5. The molecular weight excluding hydrogens is 406 g/mol. The van der Waals surface area contributed by atoms with Gasteiger partial charge in [-0.05, 0) is 80.5 Å².